The van der Waals surface area contributed by atoms with Crippen LogP contribution >= 0.6 is 0 Å². The van der Waals surface area contributed by atoms with E-state index >= 15 is 0 Å². The van der Waals surface area contributed by atoms with Gasteiger partial charge >= 0.3 is 5.97 Å². The van der Waals surface area contributed by atoms with Crippen molar-refractivity contribution in [2.24, 2.45) is 0 Å². The van der Waals surface area contributed by atoms with Crippen molar-refractivity contribution >= 4 is 11.9 Å². The normalized spacial score (nSPS) is 18.2. The molecule has 1 saturated heterocycles. The number of hydrogen-bond donors (Lipinski definition) is 1. The Hall–Kier alpha value is -1.10. The predicted octanol–water partition coefficient (Wildman–Crippen LogP) is 0.796. The molecule has 1 aliphatic heterocycles. The molecule has 0 aromatic carbocycles. The molecule has 1 N–H and O–H groups in total. The second-order valence-electron chi connectivity index (χ2n) is 4.51. The predicted molar refractivity (Wildman–Crippen MR) is 64.8 cm³/mol. The zero-order valence-electron chi connectivity index (χ0n) is 10.5. The van der Waals surface area contributed by atoms with Crippen LogP contribution in [0.4, 0.5) is 0 Å². The lowest BCUT2D eigenvalue weighted by atomic mass is 10.3. The van der Waals surface area contributed by atoms with Crippen molar-refractivity contribution < 1.29 is 14.7 Å². The molecule has 0 bridgehead atoms. The number of hydrogen-bond acceptors (Lipinski definition) is 3. The molecule has 0 radical (unpaired) electrons. The molecule has 0 spiro atoms. The minimum atomic E-state index is -0.765. The number of carbonyl (C=O) groups excluding carboxylic acids is 1. The second-order valence-corrected chi connectivity index (χ2v) is 4.51. The summed E-state index contributed by atoms with van der Waals surface area (Å²) >= 11 is 0. The monoisotopic (exact) mass is 242 g/mol. The van der Waals surface area contributed by atoms with E-state index in [1.54, 1.807) is 0 Å². The molecule has 0 unspecified atom stereocenters. The lowest BCUT2D eigenvalue weighted by Crippen LogP contribution is -2.37. The van der Waals surface area contributed by atoms with Gasteiger partial charge in [-0.1, -0.05) is 6.92 Å². The number of nitrogens with zero attached hydrogens (tertiary/aromatic N) is 2. The van der Waals surface area contributed by atoms with Gasteiger partial charge in [0.1, 0.15) is 0 Å². The van der Waals surface area contributed by atoms with Crippen molar-refractivity contribution in [1.82, 2.24) is 9.80 Å². The molecule has 5 nitrogen and oxygen atoms in total. The summed E-state index contributed by atoms with van der Waals surface area (Å²) in [6.07, 6.45) is 2.78. The Balaban J connectivity index is 2.33. The minimum Gasteiger partial charge on any atom is -0.481 e. The van der Waals surface area contributed by atoms with E-state index in [2.05, 4.69) is 11.8 Å². The number of amides is 1. The van der Waals surface area contributed by atoms with E-state index in [1.165, 1.54) is 0 Å². The van der Waals surface area contributed by atoms with Crippen molar-refractivity contribution in [3.63, 3.8) is 0 Å². The Bertz CT molecular complexity index is 268. The highest BCUT2D eigenvalue weighted by molar-refractivity contribution is 5.78. The standard InChI is InChI=1S/C12H22N2O3/c1-2-6-14-9-4-8-13(10-11(14)15)7-3-5-12(16)17/h2-10H2,1H3,(H,16,17). The molecule has 0 saturated carbocycles. The maximum absolute atomic E-state index is 11.9. The van der Waals surface area contributed by atoms with Crippen LogP contribution in [0.15, 0.2) is 0 Å². The van der Waals surface area contributed by atoms with Crippen LogP contribution in [-0.4, -0.2) is 59.5 Å². The SMILES string of the molecule is CCCN1CCCN(CCCC(=O)O)CC1=O. The highest BCUT2D eigenvalue weighted by atomic mass is 16.4. The third-order valence-corrected chi connectivity index (χ3v) is 2.97. The van der Waals surface area contributed by atoms with Gasteiger partial charge in [-0.05, 0) is 25.8 Å². The molecule has 0 atom stereocenters. The number of rotatable bonds is 6. The van der Waals surface area contributed by atoms with Crippen molar-refractivity contribution in [1.29, 1.82) is 0 Å². The molecule has 1 amide bonds. The van der Waals surface area contributed by atoms with Gasteiger partial charge in [-0.3, -0.25) is 14.5 Å². The topological polar surface area (TPSA) is 60.9 Å². The highest BCUT2D eigenvalue weighted by Crippen LogP contribution is 2.06. The largest absolute Gasteiger partial charge is 0.481 e. The molecule has 5 heteroatoms. The average Bonchev–Trinajstić information content (AvgIpc) is 2.42. The van der Waals surface area contributed by atoms with Gasteiger partial charge in [0.05, 0.1) is 6.54 Å². The van der Waals surface area contributed by atoms with Gasteiger partial charge < -0.3 is 10.0 Å². The molecule has 0 aliphatic carbocycles. The van der Waals surface area contributed by atoms with E-state index in [4.69, 9.17) is 5.11 Å². The van der Waals surface area contributed by atoms with Crippen LogP contribution in [-0.2, 0) is 9.59 Å². The molecule has 98 valence electrons. The molecular weight excluding hydrogens is 220 g/mol. The van der Waals surface area contributed by atoms with E-state index in [9.17, 15) is 9.59 Å². The van der Waals surface area contributed by atoms with Gasteiger partial charge in [0.2, 0.25) is 5.91 Å². The van der Waals surface area contributed by atoms with Gasteiger partial charge in [-0.15, -0.1) is 0 Å². The van der Waals surface area contributed by atoms with Gasteiger partial charge in [0.15, 0.2) is 0 Å². The minimum absolute atomic E-state index is 0.180. The fourth-order valence-electron chi connectivity index (χ4n) is 2.13. The molecular formula is C12H22N2O3. The van der Waals surface area contributed by atoms with Gasteiger partial charge in [-0.2, -0.15) is 0 Å². The first-order valence-corrected chi connectivity index (χ1v) is 6.35. The molecule has 1 fully saturated rings. The maximum atomic E-state index is 11.9. The molecule has 0 aromatic rings. The van der Waals surface area contributed by atoms with E-state index in [1.807, 2.05) is 4.90 Å². The fraction of sp³-hybridized carbons (Fsp3) is 0.833. The zero-order valence-corrected chi connectivity index (χ0v) is 10.5. The third kappa shape index (κ3) is 5.17. The Morgan fingerprint density at radius 2 is 2.12 bits per heavy atom. The van der Waals surface area contributed by atoms with Gasteiger partial charge in [0, 0.05) is 26.1 Å². The van der Waals surface area contributed by atoms with Crippen molar-refractivity contribution in [3.05, 3.63) is 0 Å². The highest BCUT2D eigenvalue weighted by Gasteiger charge is 2.20. The fourth-order valence-corrected chi connectivity index (χ4v) is 2.13. The summed E-state index contributed by atoms with van der Waals surface area (Å²) in [5, 5.41) is 8.57. The summed E-state index contributed by atoms with van der Waals surface area (Å²) in [6.45, 7) is 5.79. The first kappa shape index (κ1) is 14.0. The Labute approximate surface area is 102 Å². The zero-order chi connectivity index (χ0) is 12.7. The van der Waals surface area contributed by atoms with Crippen LogP contribution in [0.25, 0.3) is 0 Å². The van der Waals surface area contributed by atoms with E-state index in [0.29, 0.717) is 19.5 Å². The average molecular weight is 242 g/mol. The summed E-state index contributed by atoms with van der Waals surface area (Å²) in [4.78, 5) is 26.3. The lowest BCUT2D eigenvalue weighted by Gasteiger charge is -2.20. The number of carbonyl (C=O) groups is 2. The first-order chi connectivity index (χ1) is 8.13. The number of carboxylic acids is 1. The summed E-state index contributed by atoms with van der Waals surface area (Å²) in [6, 6.07) is 0. The van der Waals surface area contributed by atoms with Gasteiger partial charge in [-0.25, -0.2) is 0 Å². The summed E-state index contributed by atoms with van der Waals surface area (Å²) < 4.78 is 0. The maximum Gasteiger partial charge on any atom is 0.303 e. The smallest absolute Gasteiger partial charge is 0.303 e. The van der Waals surface area contributed by atoms with Crippen molar-refractivity contribution in [3.8, 4) is 0 Å². The number of carboxylic acid groups (broad SMARTS) is 1. The Morgan fingerprint density at radius 1 is 1.35 bits per heavy atom. The van der Waals surface area contributed by atoms with E-state index < -0.39 is 5.97 Å². The van der Waals surface area contributed by atoms with Gasteiger partial charge in [0.25, 0.3) is 0 Å². The van der Waals surface area contributed by atoms with Crippen LogP contribution in [0.5, 0.6) is 0 Å². The molecule has 1 aliphatic rings. The van der Waals surface area contributed by atoms with Crippen molar-refractivity contribution in [2.75, 3.05) is 32.7 Å². The lowest BCUT2D eigenvalue weighted by molar-refractivity contribution is -0.137. The van der Waals surface area contributed by atoms with Crippen LogP contribution in [0.1, 0.15) is 32.6 Å². The second kappa shape index (κ2) is 7.27. The van der Waals surface area contributed by atoms with E-state index in [-0.39, 0.29) is 12.3 Å². The van der Waals surface area contributed by atoms with Crippen molar-refractivity contribution in [2.45, 2.75) is 32.6 Å². The van der Waals surface area contributed by atoms with Crippen LogP contribution in [0.2, 0.25) is 0 Å². The summed E-state index contributed by atoms with van der Waals surface area (Å²) in [7, 11) is 0. The van der Waals surface area contributed by atoms with E-state index in [0.717, 1.165) is 32.5 Å². The Morgan fingerprint density at radius 3 is 2.76 bits per heavy atom. The summed E-state index contributed by atoms with van der Waals surface area (Å²) in [5.41, 5.74) is 0. The molecule has 1 heterocycles. The third-order valence-electron chi connectivity index (χ3n) is 2.97. The van der Waals surface area contributed by atoms with Crippen LogP contribution in [0.3, 0.4) is 0 Å². The Kier molecular flexibility index (Phi) is 5.97. The molecule has 1 rings (SSSR count). The first-order valence-electron chi connectivity index (χ1n) is 6.35. The quantitative estimate of drug-likeness (QED) is 0.748. The molecule has 17 heavy (non-hydrogen) atoms. The molecule has 0 aromatic heterocycles. The number of aliphatic carboxylic acids is 1. The van der Waals surface area contributed by atoms with Crippen LogP contribution in [0, 0.1) is 0 Å². The van der Waals surface area contributed by atoms with Crippen LogP contribution < -0.4 is 0 Å². The summed E-state index contributed by atoms with van der Waals surface area (Å²) in [5.74, 6) is -0.585.